The molecule has 0 saturated heterocycles. The highest BCUT2D eigenvalue weighted by molar-refractivity contribution is 7.15. The lowest BCUT2D eigenvalue weighted by Gasteiger charge is -2.27. The molecule has 0 bridgehead atoms. The third kappa shape index (κ3) is 4.51. The Hall–Kier alpha value is -1.47. The van der Waals surface area contributed by atoms with E-state index in [-0.39, 0.29) is 23.3 Å². The molecule has 1 aromatic heterocycles. The van der Waals surface area contributed by atoms with Gasteiger partial charge in [-0.05, 0) is 33.6 Å². The first-order valence-corrected chi connectivity index (χ1v) is 8.94. The van der Waals surface area contributed by atoms with Gasteiger partial charge < -0.3 is 10.6 Å². The molecule has 2 N–H and O–H groups in total. The Morgan fingerprint density at radius 2 is 2.09 bits per heavy atom. The molecule has 126 valence electrons. The summed E-state index contributed by atoms with van der Waals surface area (Å²) in [6.07, 6.45) is 2.81. The molecule has 0 radical (unpaired) electrons. The van der Waals surface area contributed by atoms with E-state index in [1.165, 1.54) is 11.3 Å². The number of hydrogen-bond donors (Lipinski definition) is 2. The van der Waals surface area contributed by atoms with Crippen LogP contribution in [0.25, 0.3) is 0 Å². The second kappa shape index (κ2) is 6.20. The predicted molar refractivity (Wildman–Crippen MR) is 90.3 cm³/mol. The second-order valence-electron chi connectivity index (χ2n) is 7.41. The van der Waals surface area contributed by atoms with Gasteiger partial charge in [0.15, 0.2) is 5.13 Å². The summed E-state index contributed by atoms with van der Waals surface area (Å²) in [5.74, 6) is 0.332. The Balaban J connectivity index is 1.56. The summed E-state index contributed by atoms with van der Waals surface area (Å²) < 4.78 is 0. The summed E-state index contributed by atoms with van der Waals surface area (Å²) in [7, 11) is 0. The largest absolute Gasteiger partial charge is 0.350 e. The highest BCUT2D eigenvalue weighted by Gasteiger charge is 2.31. The van der Waals surface area contributed by atoms with E-state index >= 15 is 0 Å². The van der Waals surface area contributed by atoms with E-state index in [0.717, 1.165) is 42.9 Å². The molecule has 1 fully saturated rings. The molecule has 2 aliphatic rings. The number of thiazole rings is 1. The van der Waals surface area contributed by atoms with Gasteiger partial charge in [-0.2, -0.15) is 0 Å². The SMILES string of the molecule is CC(C)(C)NC(=O)CN1CCc2nc(NC(=O)C3CC3)sc2C1. The zero-order chi connectivity index (χ0) is 16.6. The molecular weight excluding hydrogens is 312 g/mol. The van der Waals surface area contributed by atoms with Crippen LogP contribution in [0.4, 0.5) is 5.13 Å². The normalized spacial score (nSPS) is 18.4. The average Bonchev–Trinajstić information content (AvgIpc) is 3.18. The summed E-state index contributed by atoms with van der Waals surface area (Å²) >= 11 is 1.54. The number of anilines is 1. The van der Waals surface area contributed by atoms with Crippen LogP contribution in [-0.2, 0) is 22.6 Å². The van der Waals surface area contributed by atoms with Gasteiger partial charge in [0.2, 0.25) is 11.8 Å². The lowest BCUT2D eigenvalue weighted by Crippen LogP contribution is -2.46. The van der Waals surface area contributed by atoms with Crippen molar-refractivity contribution in [3.63, 3.8) is 0 Å². The van der Waals surface area contributed by atoms with Crippen LogP contribution >= 0.6 is 11.3 Å². The van der Waals surface area contributed by atoms with Crippen molar-refractivity contribution in [1.82, 2.24) is 15.2 Å². The van der Waals surface area contributed by atoms with E-state index in [1.54, 1.807) is 0 Å². The maximum absolute atomic E-state index is 12.0. The monoisotopic (exact) mass is 336 g/mol. The number of amides is 2. The van der Waals surface area contributed by atoms with Gasteiger partial charge in [0.25, 0.3) is 0 Å². The van der Waals surface area contributed by atoms with Crippen molar-refractivity contribution in [2.75, 3.05) is 18.4 Å². The Bertz CT molecular complexity index is 616. The Labute approximate surface area is 140 Å². The molecular formula is C16H24N4O2S. The number of fused-ring (bicyclic) bond motifs is 1. The van der Waals surface area contributed by atoms with Crippen molar-refractivity contribution in [3.05, 3.63) is 10.6 Å². The minimum atomic E-state index is -0.206. The van der Waals surface area contributed by atoms with Crippen molar-refractivity contribution in [2.24, 2.45) is 5.92 Å². The average molecular weight is 336 g/mol. The first-order valence-electron chi connectivity index (χ1n) is 8.13. The standard InChI is InChI=1S/C16H24N4O2S/c1-16(2,3)19-13(21)9-20-7-6-11-12(8-20)23-15(17-11)18-14(22)10-4-5-10/h10H,4-9H2,1-3H3,(H,19,21)(H,17,18,22). The van der Waals surface area contributed by atoms with E-state index in [2.05, 4.69) is 20.5 Å². The summed E-state index contributed by atoms with van der Waals surface area (Å²) in [6, 6.07) is 0. The van der Waals surface area contributed by atoms with E-state index in [1.807, 2.05) is 20.8 Å². The Kier molecular flexibility index (Phi) is 4.42. The maximum atomic E-state index is 12.0. The molecule has 1 aliphatic heterocycles. The summed E-state index contributed by atoms with van der Waals surface area (Å²) in [5.41, 5.74) is 0.858. The number of aromatic nitrogens is 1. The lowest BCUT2D eigenvalue weighted by atomic mass is 10.1. The van der Waals surface area contributed by atoms with Gasteiger partial charge in [0.05, 0.1) is 12.2 Å². The number of nitrogens with zero attached hydrogens (tertiary/aromatic N) is 2. The van der Waals surface area contributed by atoms with Crippen molar-refractivity contribution >= 4 is 28.3 Å². The molecule has 0 aromatic carbocycles. The molecule has 1 aromatic rings. The quantitative estimate of drug-likeness (QED) is 0.879. The summed E-state index contributed by atoms with van der Waals surface area (Å²) in [4.78, 5) is 31.7. The number of rotatable bonds is 4. The fourth-order valence-corrected chi connectivity index (χ4v) is 3.70. The van der Waals surface area contributed by atoms with Crippen LogP contribution in [0, 0.1) is 5.92 Å². The van der Waals surface area contributed by atoms with Crippen LogP contribution in [0.15, 0.2) is 0 Å². The first-order chi connectivity index (χ1) is 10.8. The van der Waals surface area contributed by atoms with E-state index in [9.17, 15) is 9.59 Å². The number of carbonyl (C=O) groups is 2. The summed E-state index contributed by atoms with van der Waals surface area (Å²) in [5, 5.41) is 6.61. The molecule has 2 amide bonds. The van der Waals surface area contributed by atoms with Crippen LogP contribution < -0.4 is 10.6 Å². The maximum Gasteiger partial charge on any atom is 0.234 e. The first kappa shape index (κ1) is 16.4. The van der Waals surface area contributed by atoms with Gasteiger partial charge in [-0.15, -0.1) is 11.3 Å². The zero-order valence-corrected chi connectivity index (χ0v) is 14.8. The van der Waals surface area contributed by atoms with Gasteiger partial charge in [0, 0.05) is 35.8 Å². The molecule has 0 spiro atoms. The second-order valence-corrected chi connectivity index (χ2v) is 8.49. The van der Waals surface area contributed by atoms with Crippen LogP contribution in [0.1, 0.15) is 44.2 Å². The lowest BCUT2D eigenvalue weighted by molar-refractivity contribution is -0.124. The van der Waals surface area contributed by atoms with Crippen molar-refractivity contribution < 1.29 is 9.59 Å². The smallest absolute Gasteiger partial charge is 0.234 e. The third-order valence-corrected chi connectivity index (χ3v) is 4.87. The Morgan fingerprint density at radius 1 is 1.35 bits per heavy atom. The van der Waals surface area contributed by atoms with Crippen LogP contribution in [0.2, 0.25) is 0 Å². The fraction of sp³-hybridized carbons (Fsp3) is 0.688. The minimum absolute atomic E-state index is 0.0488. The third-order valence-electron chi connectivity index (χ3n) is 3.87. The van der Waals surface area contributed by atoms with Gasteiger partial charge in [-0.1, -0.05) is 0 Å². The zero-order valence-electron chi connectivity index (χ0n) is 13.9. The van der Waals surface area contributed by atoms with Gasteiger partial charge in [0.1, 0.15) is 0 Å². The molecule has 0 atom stereocenters. The van der Waals surface area contributed by atoms with Crippen LogP contribution in [-0.4, -0.2) is 40.3 Å². The Morgan fingerprint density at radius 3 is 2.74 bits per heavy atom. The topological polar surface area (TPSA) is 74.3 Å². The van der Waals surface area contributed by atoms with E-state index in [4.69, 9.17) is 0 Å². The minimum Gasteiger partial charge on any atom is -0.350 e. The van der Waals surface area contributed by atoms with Gasteiger partial charge in [-0.3, -0.25) is 14.5 Å². The molecule has 23 heavy (non-hydrogen) atoms. The van der Waals surface area contributed by atoms with E-state index in [0.29, 0.717) is 11.7 Å². The van der Waals surface area contributed by atoms with Crippen LogP contribution in [0.5, 0.6) is 0 Å². The fourth-order valence-electron chi connectivity index (χ4n) is 2.65. The molecule has 1 saturated carbocycles. The molecule has 0 unspecified atom stereocenters. The van der Waals surface area contributed by atoms with E-state index < -0.39 is 0 Å². The highest BCUT2D eigenvalue weighted by atomic mass is 32.1. The molecule has 1 aliphatic carbocycles. The molecule has 6 nitrogen and oxygen atoms in total. The molecule has 7 heteroatoms. The highest BCUT2D eigenvalue weighted by Crippen LogP contribution is 2.32. The summed E-state index contributed by atoms with van der Waals surface area (Å²) in [6.45, 7) is 7.90. The van der Waals surface area contributed by atoms with Gasteiger partial charge in [-0.25, -0.2) is 4.98 Å². The predicted octanol–water partition coefficient (Wildman–Crippen LogP) is 1.76. The molecule has 3 rings (SSSR count). The van der Waals surface area contributed by atoms with Crippen molar-refractivity contribution in [2.45, 2.75) is 52.1 Å². The number of hydrogen-bond acceptors (Lipinski definition) is 5. The van der Waals surface area contributed by atoms with Gasteiger partial charge >= 0.3 is 0 Å². The number of nitrogens with one attached hydrogen (secondary N) is 2. The van der Waals surface area contributed by atoms with Crippen LogP contribution in [0.3, 0.4) is 0 Å². The van der Waals surface area contributed by atoms with Crippen molar-refractivity contribution in [3.8, 4) is 0 Å². The number of carbonyl (C=O) groups excluding carboxylic acids is 2. The molecule has 2 heterocycles. The van der Waals surface area contributed by atoms with Crippen molar-refractivity contribution in [1.29, 1.82) is 0 Å².